The summed E-state index contributed by atoms with van der Waals surface area (Å²) in [5.74, 6) is -0.507. The van der Waals surface area contributed by atoms with Gasteiger partial charge in [0.1, 0.15) is 0 Å². The zero-order chi connectivity index (χ0) is 25.5. The van der Waals surface area contributed by atoms with Crippen molar-refractivity contribution < 1.29 is 18.0 Å². The molecule has 2 aromatic rings. The molecule has 2 aromatic carbocycles. The quantitative estimate of drug-likeness (QED) is 0.272. The minimum Gasteiger partial charge on any atom is -0.387 e. The summed E-state index contributed by atoms with van der Waals surface area (Å²) in [4.78, 5) is 25.2. The first-order valence-electron chi connectivity index (χ1n) is 10.7. The predicted octanol–water partition coefficient (Wildman–Crippen LogP) is 4.12. The first-order chi connectivity index (χ1) is 15.9. The fourth-order valence-electron chi connectivity index (χ4n) is 2.90. The van der Waals surface area contributed by atoms with E-state index in [0.29, 0.717) is 11.4 Å². The highest BCUT2D eigenvalue weighted by Gasteiger charge is 2.36. The van der Waals surface area contributed by atoms with Crippen LogP contribution < -0.4 is 21.3 Å². The lowest BCUT2D eigenvalue weighted by atomic mass is 10.2. The largest absolute Gasteiger partial charge is 0.387 e. The Morgan fingerprint density at radius 2 is 1.79 bits per heavy atom. The number of hydrogen-bond donors (Lipinski definition) is 4. The molecule has 0 aliphatic heterocycles. The Balaban J connectivity index is 2.08. The Hall–Kier alpha value is -2.27. The topological polar surface area (TPSA) is 116 Å². The maximum Gasteiger partial charge on any atom is 0.322 e. The van der Waals surface area contributed by atoms with Crippen LogP contribution in [0.1, 0.15) is 38.1 Å². The first-order valence-corrected chi connectivity index (χ1v) is 13.5. The first kappa shape index (κ1) is 28.0. The molecule has 8 nitrogen and oxygen atoms in total. The monoisotopic (exact) mass is 526 g/mol. The zero-order valence-corrected chi connectivity index (χ0v) is 22.2. The number of urea groups is 1. The zero-order valence-electron chi connectivity index (χ0n) is 19.9. The van der Waals surface area contributed by atoms with E-state index in [1.165, 1.54) is 17.8 Å². The molecule has 0 bridgehead atoms. The molecule has 3 amide bonds. The van der Waals surface area contributed by atoms with Crippen molar-refractivity contribution in [1.29, 1.82) is 0 Å². The van der Waals surface area contributed by atoms with Crippen molar-refractivity contribution in [3.05, 3.63) is 53.1 Å². The van der Waals surface area contributed by atoms with Gasteiger partial charge in [0.15, 0.2) is 9.84 Å². The molecule has 0 saturated heterocycles. The molecule has 0 fully saturated rings. The number of rotatable bonds is 10. The Bertz CT molecular complexity index is 1140. The minimum atomic E-state index is -3.63. The highest BCUT2D eigenvalue weighted by molar-refractivity contribution is 7.99. The van der Waals surface area contributed by atoms with Crippen LogP contribution in [0.15, 0.2) is 52.3 Å². The number of hydrogen-bond acceptors (Lipinski definition) is 7. The molecule has 0 aromatic heterocycles. The molecular formula is C23H31ClN4O4S2. The van der Waals surface area contributed by atoms with Gasteiger partial charge in [-0.3, -0.25) is 10.1 Å². The molecule has 0 heterocycles. The van der Waals surface area contributed by atoms with Crippen molar-refractivity contribution in [2.45, 2.75) is 48.3 Å². The maximum absolute atomic E-state index is 13.3. The molecule has 0 radical (unpaired) electrons. The van der Waals surface area contributed by atoms with E-state index >= 15 is 0 Å². The second-order valence-corrected chi connectivity index (χ2v) is 12.4. The SMILES string of the molecule is CNc1ccc(S(=O)(=O)C(C)(C)CNC(C)C)cc1SCNC(=O)NC(=O)c1ccccc1Cl. The molecule has 0 spiro atoms. The lowest BCUT2D eigenvalue weighted by molar-refractivity contribution is 0.0964. The van der Waals surface area contributed by atoms with E-state index in [9.17, 15) is 18.0 Å². The number of amides is 3. The summed E-state index contributed by atoms with van der Waals surface area (Å²) < 4.78 is 25.6. The third kappa shape index (κ3) is 7.11. The van der Waals surface area contributed by atoms with Crippen molar-refractivity contribution in [3.8, 4) is 0 Å². The third-order valence-corrected chi connectivity index (χ3v) is 8.74. The van der Waals surface area contributed by atoms with Crippen molar-refractivity contribution in [2.75, 3.05) is 24.8 Å². The summed E-state index contributed by atoms with van der Waals surface area (Å²) in [6, 6.07) is 10.8. The van der Waals surface area contributed by atoms with Gasteiger partial charge in [0.25, 0.3) is 5.91 Å². The summed E-state index contributed by atoms with van der Waals surface area (Å²) in [6.45, 7) is 7.62. The molecular weight excluding hydrogens is 496 g/mol. The van der Waals surface area contributed by atoms with Crippen LogP contribution in [0.25, 0.3) is 0 Å². The van der Waals surface area contributed by atoms with Crippen molar-refractivity contribution >= 4 is 50.8 Å². The summed E-state index contributed by atoms with van der Waals surface area (Å²) in [6.07, 6.45) is 0. The molecule has 0 unspecified atom stereocenters. The van der Waals surface area contributed by atoms with Gasteiger partial charge in [0, 0.05) is 30.2 Å². The van der Waals surface area contributed by atoms with E-state index in [1.807, 2.05) is 13.8 Å². The Morgan fingerprint density at radius 1 is 1.12 bits per heavy atom. The maximum atomic E-state index is 13.3. The van der Waals surface area contributed by atoms with Crippen LogP contribution in [-0.4, -0.2) is 50.6 Å². The molecule has 0 aliphatic rings. The van der Waals surface area contributed by atoms with Gasteiger partial charge in [-0.15, -0.1) is 11.8 Å². The van der Waals surface area contributed by atoms with Crippen LogP contribution in [0.2, 0.25) is 5.02 Å². The standard InChI is InChI=1S/C23H31ClN4O4S2/c1-15(2)26-13-23(3,4)34(31,32)16-10-11-19(25-5)20(12-16)33-14-27-22(30)28-21(29)17-8-6-7-9-18(17)24/h6-12,15,25-26H,13-14H2,1-5H3,(H2,27,28,29,30). The third-order valence-electron chi connectivity index (χ3n) is 5.00. The Labute approximate surface area is 210 Å². The number of thioether (sulfide) groups is 1. The van der Waals surface area contributed by atoms with Gasteiger partial charge in [-0.1, -0.05) is 37.6 Å². The molecule has 186 valence electrons. The van der Waals surface area contributed by atoms with Crippen molar-refractivity contribution in [2.24, 2.45) is 0 Å². The van der Waals surface area contributed by atoms with Crippen LogP contribution in [0.3, 0.4) is 0 Å². The van der Waals surface area contributed by atoms with Crippen LogP contribution in [0, 0.1) is 0 Å². The van der Waals surface area contributed by atoms with E-state index in [-0.39, 0.29) is 27.4 Å². The highest BCUT2D eigenvalue weighted by atomic mass is 35.5. The van der Waals surface area contributed by atoms with Gasteiger partial charge in [-0.05, 0) is 44.2 Å². The normalized spacial score (nSPS) is 11.9. The average molecular weight is 527 g/mol. The molecule has 2 rings (SSSR count). The molecule has 4 N–H and O–H groups in total. The summed E-state index contributed by atoms with van der Waals surface area (Å²) >= 11 is 7.22. The molecule has 0 saturated carbocycles. The fraction of sp³-hybridized carbons (Fsp3) is 0.391. The molecule has 0 aliphatic carbocycles. The van der Waals surface area contributed by atoms with E-state index in [0.717, 1.165) is 5.69 Å². The van der Waals surface area contributed by atoms with E-state index < -0.39 is 26.5 Å². The van der Waals surface area contributed by atoms with E-state index in [4.69, 9.17) is 11.6 Å². The number of benzene rings is 2. The predicted molar refractivity (Wildman–Crippen MR) is 139 cm³/mol. The second-order valence-electron chi connectivity index (χ2n) is 8.44. The molecule has 0 atom stereocenters. The lowest BCUT2D eigenvalue weighted by Gasteiger charge is -2.27. The van der Waals surface area contributed by atoms with Crippen LogP contribution in [0.5, 0.6) is 0 Å². The van der Waals surface area contributed by atoms with E-state index in [1.54, 1.807) is 57.3 Å². The highest BCUT2D eigenvalue weighted by Crippen LogP contribution is 2.33. The lowest BCUT2D eigenvalue weighted by Crippen LogP contribution is -2.44. The summed E-state index contributed by atoms with van der Waals surface area (Å²) in [5.41, 5.74) is 0.910. The van der Waals surface area contributed by atoms with Gasteiger partial charge in [-0.2, -0.15) is 0 Å². The number of carbonyl (C=O) groups is 2. The van der Waals surface area contributed by atoms with Gasteiger partial charge < -0.3 is 16.0 Å². The number of sulfone groups is 1. The van der Waals surface area contributed by atoms with Crippen LogP contribution in [-0.2, 0) is 9.84 Å². The van der Waals surface area contributed by atoms with Gasteiger partial charge in [0.2, 0.25) is 0 Å². The molecule has 11 heteroatoms. The van der Waals surface area contributed by atoms with Crippen molar-refractivity contribution in [1.82, 2.24) is 16.0 Å². The molecule has 34 heavy (non-hydrogen) atoms. The number of anilines is 1. The summed E-state index contributed by atoms with van der Waals surface area (Å²) in [5, 5.41) is 11.3. The number of halogens is 1. The second kappa shape index (κ2) is 11.9. The van der Waals surface area contributed by atoms with Crippen LogP contribution in [0.4, 0.5) is 10.5 Å². The summed E-state index contributed by atoms with van der Waals surface area (Å²) in [7, 11) is -1.91. The average Bonchev–Trinajstić information content (AvgIpc) is 2.77. The number of carbonyl (C=O) groups excluding carboxylic acids is 2. The van der Waals surface area contributed by atoms with Gasteiger partial charge >= 0.3 is 6.03 Å². The Kier molecular flexibility index (Phi) is 9.81. The fourth-order valence-corrected chi connectivity index (χ4v) is 5.52. The smallest absolute Gasteiger partial charge is 0.322 e. The van der Waals surface area contributed by atoms with E-state index in [2.05, 4.69) is 21.3 Å². The van der Waals surface area contributed by atoms with Crippen LogP contribution >= 0.6 is 23.4 Å². The van der Waals surface area contributed by atoms with Crippen molar-refractivity contribution in [3.63, 3.8) is 0 Å². The van der Waals surface area contributed by atoms with Gasteiger partial charge in [0.05, 0.1) is 26.1 Å². The Morgan fingerprint density at radius 3 is 2.41 bits per heavy atom. The number of nitrogens with one attached hydrogen (secondary N) is 4. The number of imide groups is 1. The van der Waals surface area contributed by atoms with Gasteiger partial charge in [-0.25, -0.2) is 13.2 Å². The minimum absolute atomic E-state index is 0.109.